The first-order chi connectivity index (χ1) is 14.2. The molecule has 0 radical (unpaired) electrons. The molecule has 1 atom stereocenters. The standard InChI is InChI=1S/C23H32N4O2/c28-22(24-17-10-4-1-5-11-17)20-16-27(19-14-8-3-9-15-19)23(29)21(20)26-25-18-12-6-2-7-13-18/h2,6-7,12-13,17,19-20,25H,1,3-5,8-11,14-16H2,(H,24,28)/b26-21+/t20-/m1/s1. The second kappa shape index (κ2) is 9.42. The monoisotopic (exact) mass is 396 g/mol. The van der Waals surface area contributed by atoms with Gasteiger partial charge in [0.15, 0.2) is 0 Å². The minimum absolute atomic E-state index is 0.0443. The molecule has 3 aliphatic rings. The average molecular weight is 397 g/mol. The van der Waals surface area contributed by atoms with Crippen LogP contribution in [0.15, 0.2) is 35.4 Å². The zero-order valence-electron chi connectivity index (χ0n) is 17.1. The molecule has 2 amide bonds. The lowest BCUT2D eigenvalue weighted by molar-refractivity contribution is -0.125. The third-order valence-electron chi connectivity index (χ3n) is 6.55. The normalized spacial score (nSPS) is 25.4. The second-order valence-corrected chi connectivity index (χ2v) is 8.62. The molecule has 0 unspecified atom stereocenters. The third-order valence-corrected chi connectivity index (χ3v) is 6.55. The van der Waals surface area contributed by atoms with Crippen LogP contribution >= 0.6 is 0 Å². The molecule has 2 aliphatic carbocycles. The van der Waals surface area contributed by atoms with Gasteiger partial charge in [0.05, 0.1) is 5.69 Å². The summed E-state index contributed by atoms with van der Waals surface area (Å²) in [6.45, 7) is 0.456. The van der Waals surface area contributed by atoms with Crippen LogP contribution in [0.2, 0.25) is 0 Å². The van der Waals surface area contributed by atoms with Gasteiger partial charge in [0.1, 0.15) is 11.6 Å². The first-order valence-corrected chi connectivity index (χ1v) is 11.2. The number of carbonyl (C=O) groups excluding carboxylic acids is 2. The van der Waals surface area contributed by atoms with E-state index in [0.29, 0.717) is 12.3 Å². The predicted octanol–water partition coefficient (Wildman–Crippen LogP) is 3.69. The Morgan fingerprint density at radius 2 is 1.59 bits per heavy atom. The lowest BCUT2D eigenvalue weighted by Gasteiger charge is -2.31. The number of para-hydroxylation sites is 1. The minimum atomic E-state index is -0.498. The number of hydrazone groups is 1. The summed E-state index contributed by atoms with van der Waals surface area (Å²) < 4.78 is 0. The molecule has 1 aromatic rings. The fourth-order valence-corrected chi connectivity index (χ4v) is 4.89. The van der Waals surface area contributed by atoms with E-state index in [4.69, 9.17) is 0 Å². The van der Waals surface area contributed by atoms with Crippen molar-refractivity contribution < 1.29 is 9.59 Å². The minimum Gasteiger partial charge on any atom is -0.353 e. The maximum atomic E-state index is 13.2. The van der Waals surface area contributed by atoms with Crippen LogP contribution < -0.4 is 10.7 Å². The topological polar surface area (TPSA) is 73.8 Å². The van der Waals surface area contributed by atoms with Gasteiger partial charge < -0.3 is 10.2 Å². The molecular formula is C23H32N4O2. The van der Waals surface area contributed by atoms with Gasteiger partial charge in [-0.05, 0) is 37.8 Å². The largest absolute Gasteiger partial charge is 0.353 e. The maximum Gasteiger partial charge on any atom is 0.271 e. The number of likely N-dealkylation sites (tertiary alicyclic amines) is 1. The summed E-state index contributed by atoms with van der Waals surface area (Å²) in [7, 11) is 0. The van der Waals surface area contributed by atoms with E-state index in [2.05, 4.69) is 15.8 Å². The number of benzene rings is 1. The quantitative estimate of drug-likeness (QED) is 0.746. The second-order valence-electron chi connectivity index (χ2n) is 8.62. The Hall–Kier alpha value is -2.37. The highest BCUT2D eigenvalue weighted by atomic mass is 16.2. The van der Waals surface area contributed by atoms with Gasteiger partial charge in [0.25, 0.3) is 5.91 Å². The number of hydrogen-bond acceptors (Lipinski definition) is 4. The molecule has 2 N–H and O–H groups in total. The highest BCUT2D eigenvalue weighted by Crippen LogP contribution is 2.28. The number of anilines is 1. The molecule has 0 bridgehead atoms. The summed E-state index contributed by atoms with van der Waals surface area (Å²) >= 11 is 0. The Morgan fingerprint density at radius 1 is 0.931 bits per heavy atom. The molecule has 6 nitrogen and oxygen atoms in total. The highest BCUT2D eigenvalue weighted by Gasteiger charge is 2.44. The van der Waals surface area contributed by atoms with Crippen LogP contribution in [0.25, 0.3) is 0 Å². The van der Waals surface area contributed by atoms with Crippen LogP contribution in [0.5, 0.6) is 0 Å². The van der Waals surface area contributed by atoms with Crippen molar-refractivity contribution in [2.45, 2.75) is 76.3 Å². The SMILES string of the molecule is O=C(NC1CCCCC1)[C@@H]1CN(C2CCCCC2)C(=O)/C1=N/Nc1ccccc1. The number of nitrogens with zero attached hydrogens (tertiary/aromatic N) is 2. The number of rotatable bonds is 5. The van der Waals surface area contributed by atoms with Gasteiger partial charge in [0.2, 0.25) is 5.91 Å². The van der Waals surface area contributed by atoms with E-state index in [9.17, 15) is 9.59 Å². The highest BCUT2D eigenvalue weighted by molar-refractivity contribution is 6.45. The number of hydrogen-bond donors (Lipinski definition) is 2. The zero-order chi connectivity index (χ0) is 20.1. The first kappa shape index (κ1) is 19.9. The van der Waals surface area contributed by atoms with Crippen molar-refractivity contribution >= 4 is 23.2 Å². The molecule has 156 valence electrons. The van der Waals surface area contributed by atoms with Crippen LogP contribution in [-0.4, -0.2) is 41.1 Å². The average Bonchev–Trinajstić information content (AvgIpc) is 3.11. The summed E-state index contributed by atoms with van der Waals surface area (Å²) in [5.41, 5.74) is 4.16. The Morgan fingerprint density at radius 3 is 2.28 bits per heavy atom. The van der Waals surface area contributed by atoms with Crippen molar-refractivity contribution in [1.82, 2.24) is 10.2 Å². The molecule has 0 spiro atoms. The van der Waals surface area contributed by atoms with Crippen LogP contribution in [0.3, 0.4) is 0 Å². The smallest absolute Gasteiger partial charge is 0.271 e. The van der Waals surface area contributed by atoms with E-state index in [-0.39, 0.29) is 23.9 Å². The zero-order valence-corrected chi connectivity index (χ0v) is 17.1. The third kappa shape index (κ3) is 4.80. The molecule has 4 rings (SSSR count). The van der Waals surface area contributed by atoms with E-state index in [1.54, 1.807) is 0 Å². The van der Waals surface area contributed by atoms with Crippen LogP contribution in [0.1, 0.15) is 64.2 Å². The van der Waals surface area contributed by atoms with Crippen molar-refractivity contribution in [3.63, 3.8) is 0 Å². The summed E-state index contributed by atoms with van der Waals surface area (Å²) in [6, 6.07) is 10.0. The van der Waals surface area contributed by atoms with Gasteiger partial charge in [-0.1, -0.05) is 56.7 Å². The predicted molar refractivity (Wildman–Crippen MR) is 115 cm³/mol. The summed E-state index contributed by atoms with van der Waals surface area (Å²) in [6.07, 6.45) is 11.3. The van der Waals surface area contributed by atoms with Crippen LogP contribution in [0.4, 0.5) is 5.69 Å². The van der Waals surface area contributed by atoms with Gasteiger partial charge in [-0.25, -0.2) is 0 Å². The maximum absolute atomic E-state index is 13.2. The molecule has 1 heterocycles. The Kier molecular flexibility index (Phi) is 6.47. The molecule has 1 saturated heterocycles. The molecular weight excluding hydrogens is 364 g/mol. The molecule has 6 heteroatoms. The fraction of sp³-hybridized carbons (Fsp3) is 0.609. The van der Waals surface area contributed by atoms with Gasteiger partial charge in [-0.2, -0.15) is 5.10 Å². The number of nitrogens with one attached hydrogen (secondary N) is 2. The van der Waals surface area contributed by atoms with Crippen molar-refractivity contribution in [1.29, 1.82) is 0 Å². The fourth-order valence-electron chi connectivity index (χ4n) is 4.89. The molecule has 0 aromatic heterocycles. The van der Waals surface area contributed by atoms with Crippen molar-refractivity contribution in [2.24, 2.45) is 11.0 Å². The van der Waals surface area contributed by atoms with Crippen molar-refractivity contribution in [3.05, 3.63) is 30.3 Å². The first-order valence-electron chi connectivity index (χ1n) is 11.2. The molecule has 1 aliphatic heterocycles. The lowest BCUT2D eigenvalue weighted by atomic mass is 9.94. The van der Waals surface area contributed by atoms with Crippen LogP contribution in [0, 0.1) is 5.92 Å². The Labute approximate surface area is 173 Å². The lowest BCUT2D eigenvalue weighted by Crippen LogP contribution is -2.43. The summed E-state index contributed by atoms with van der Waals surface area (Å²) in [4.78, 5) is 28.2. The van der Waals surface area contributed by atoms with Gasteiger partial charge in [-0.3, -0.25) is 15.0 Å². The van der Waals surface area contributed by atoms with Crippen molar-refractivity contribution in [3.8, 4) is 0 Å². The molecule has 3 fully saturated rings. The number of carbonyl (C=O) groups is 2. The van der Waals surface area contributed by atoms with E-state index >= 15 is 0 Å². The summed E-state index contributed by atoms with van der Waals surface area (Å²) in [5.74, 6) is -0.621. The molecule has 2 saturated carbocycles. The van der Waals surface area contributed by atoms with E-state index in [0.717, 1.165) is 44.2 Å². The van der Waals surface area contributed by atoms with E-state index in [1.165, 1.54) is 25.7 Å². The van der Waals surface area contributed by atoms with Gasteiger partial charge in [0, 0.05) is 18.6 Å². The molecule has 29 heavy (non-hydrogen) atoms. The van der Waals surface area contributed by atoms with E-state index < -0.39 is 5.92 Å². The summed E-state index contributed by atoms with van der Waals surface area (Å²) in [5, 5.41) is 7.64. The number of amides is 2. The van der Waals surface area contributed by atoms with E-state index in [1.807, 2.05) is 35.2 Å². The molecule has 1 aromatic carbocycles. The van der Waals surface area contributed by atoms with Crippen molar-refractivity contribution in [2.75, 3.05) is 12.0 Å². The Bertz CT molecular complexity index is 737. The van der Waals surface area contributed by atoms with Gasteiger partial charge >= 0.3 is 0 Å². The van der Waals surface area contributed by atoms with Gasteiger partial charge in [-0.15, -0.1) is 0 Å². The van der Waals surface area contributed by atoms with Crippen LogP contribution in [-0.2, 0) is 9.59 Å². The Balaban J connectivity index is 1.51.